The Morgan fingerprint density at radius 3 is 2.50 bits per heavy atom. The first kappa shape index (κ1) is 23.6. The Kier molecular flexibility index (Phi) is 7.76. The number of esters is 1. The smallest absolute Gasteiger partial charge is 0.335 e. The molecule has 32 heavy (non-hydrogen) atoms. The van der Waals surface area contributed by atoms with Crippen molar-refractivity contribution in [2.24, 2.45) is 0 Å². The van der Waals surface area contributed by atoms with Crippen LogP contribution in [0.15, 0.2) is 54.7 Å². The van der Waals surface area contributed by atoms with Crippen molar-refractivity contribution < 1.29 is 26.9 Å². The molecule has 0 aliphatic carbocycles. The van der Waals surface area contributed by atoms with Crippen LogP contribution in [0.4, 0.5) is 5.69 Å². The van der Waals surface area contributed by atoms with Crippen molar-refractivity contribution in [2.45, 2.75) is 25.5 Å². The highest BCUT2D eigenvalue weighted by atomic mass is 32.2. The fourth-order valence-electron chi connectivity index (χ4n) is 3.45. The Morgan fingerprint density at radius 2 is 1.84 bits per heavy atom. The van der Waals surface area contributed by atoms with Gasteiger partial charge in [-0.25, -0.2) is 4.79 Å². The second-order valence-corrected chi connectivity index (χ2v) is 9.02. The summed E-state index contributed by atoms with van der Waals surface area (Å²) in [7, 11) is -0.697. The predicted octanol–water partition coefficient (Wildman–Crippen LogP) is 3.21. The lowest BCUT2D eigenvalue weighted by molar-refractivity contribution is -0.152. The van der Waals surface area contributed by atoms with Crippen LogP contribution in [0.1, 0.15) is 12.0 Å². The molecule has 0 bridgehead atoms. The Hall–Kier alpha value is -3.04. The molecule has 2 aromatic carbocycles. The maximum atomic E-state index is 11.6. The van der Waals surface area contributed by atoms with Gasteiger partial charge in [0, 0.05) is 49.4 Å². The van der Waals surface area contributed by atoms with Crippen LogP contribution >= 0.6 is 0 Å². The zero-order valence-electron chi connectivity index (χ0n) is 18.4. The Bertz CT molecular complexity index is 1150. The van der Waals surface area contributed by atoms with Gasteiger partial charge < -0.3 is 23.5 Å². The monoisotopic (exact) mass is 460 g/mol. The van der Waals surface area contributed by atoms with E-state index in [-0.39, 0.29) is 5.97 Å². The van der Waals surface area contributed by atoms with Gasteiger partial charge in [0.2, 0.25) is 0 Å². The quantitative estimate of drug-likeness (QED) is 0.267. The third kappa shape index (κ3) is 6.48. The van der Waals surface area contributed by atoms with Crippen molar-refractivity contribution in [2.75, 3.05) is 32.3 Å². The number of carbonyl (C=O) groups is 1. The minimum absolute atomic E-state index is 0.311. The van der Waals surface area contributed by atoms with Gasteiger partial charge in [-0.2, -0.15) is 8.42 Å². The number of ether oxygens (including phenoxy) is 2. The molecule has 0 aliphatic heterocycles. The van der Waals surface area contributed by atoms with Gasteiger partial charge in [-0.15, -0.1) is 0 Å². The molecule has 1 heterocycles. The van der Waals surface area contributed by atoms with Gasteiger partial charge in [-0.05, 0) is 48.4 Å². The first-order valence-electron chi connectivity index (χ1n) is 10.2. The molecule has 1 atom stereocenters. The number of carbonyl (C=O) groups excluding carboxylic acids is 1. The van der Waals surface area contributed by atoms with Crippen LogP contribution in [0.2, 0.25) is 0 Å². The molecule has 0 saturated carbocycles. The summed E-state index contributed by atoms with van der Waals surface area (Å²) in [6, 6.07) is 15.1. The first-order valence-corrected chi connectivity index (χ1v) is 12.0. The third-order valence-corrected chi connectivity index (χ3v) is 5.51. The number of anilines is 1. The molecular formula is C23H28N2O6S. The number of rotatable bonds is 11. The second-order valence-electron chi connectivity index (χ2n) is 7.45. The van der Waals surface area contributed by atoms with E-state index >= 15 is 0 Å². The molecule has 0 saturated heterocycles. The van der Waals surface area contributed by atoms with E-state index in [4.69, 9.17) is 13.7 Å². The van der Waals surface area contributed by atoms with Gasteiger partial charge in [-0.1, -0.05) is 12.1 Å². The molecule has 9 heteroatoms. The lowest BCUT2D eigenvalue weighted by Gasteiger charge is -2.13. The van der Waals surface area contributed by atoms with Crippen molar-refractivity contribution in [1.29, 1.82) is 0 Å². The van der Waals surface area contributed by atoms with Crippen molar-refractivity contribution in [3.63, 3.8) is 0 Å². The summed E-state index contributed by atoms with van der Waals surface area (Å²) in [5.41, 5.74) is 3.01. The van der Waals surface area contributed by atoms with E-state index in [9.17, 15) is 13.2 Å². The maximum absolute atomic E-state index is 11.6. The average molecular weight is 461 g/mol. The number of benzene rings is 2. The molecule has 3 aromatic rings. The largest absolute Gasteiger partial charge is 0.467 e. The summed E-state index contributed by atoms with van der Waals surface area (Å²) >= 11 is 0. The molecule has 0 fully saturated rings. The topological polar surface area (TPSA) is 95.9 Å². The molecular weight excluding hydrogens is 432 g/mol. The fourth-order valence-corrected chi connectivity index (χ4v) is 3.90. The molecule has 172 valence electrons. The van der Waals surface area contributed by atoms with E-state index in [1.807, 2.05) is 42.6 Å². The Labute approximate surface area is 188 Å². The van der Waals surface area contributed by atoms with Gasteiger partial charge >= 0.3 is 16.1 Å². The molecule has 0 amide bonds. The van der Waals surface area contributed by atoms with Crippen molar-refractivity contribution in [3.05, 3.63) is 60.3 Å². The Balaban J connectivity index is 1.50. The standard InChI is InChI=1S/C23H28N2O6S/c1-29-22(23(26)30-2)15-17-5-7-19(8-6-17)24-12-4-13-25-14-11-18-16-20(9-10-21(18)25)31-32(3,27)28/h5-11,14,16,22,24H,4,12-13,15H2,1-3H3/t22-/m0/s1. The number of aryl methyl sites for hydroxylation is 1. The lowest BCUT2D eigenvalue weighted by atomic mass is 10.1. The van der Waals surface area contributed by atoms with E-state index in [2.05, 4.69) is 9.88 Å². The van der Waals surface area contributed by atoms with E-state index in [1.54, 1.807) is 12.1 Å². The van der Waals surface area contributed by atoms with Crippen molar-refractivity contribution >= 4 is 32.7 Å². The van der Waals surface area contributed by atoms with E-state index in [0.717, 1.165) is 47.9 Å². The van der Waals surface area contributed by atoms with Crippen LogP contribution in [0, 0.1) is 0 Å². The molecule has 0 spiro atoms. The van der Waals surface area contributed by atoms with Gasteiger partial charge in [0.25, 0.3) is 0 Å². The number of fused-ring (bicyclic) bond motifs is 1. The molecule has 8 nitrogen and oxygen atoms in total. The number of hydrogen-bond donors (Lipinski definition) is 1. The number of nitrogens with zero attached hydrogens (tertiary/aromatic N) is 1. The number of nitrogens with one attached hydrogen (secondary N) is 1. The summed E-state index contributed by atoms with van der Waals surface area (Å²) in [5, 5.41) is 4.32. The van der Waals surface area contributed by atoms with E-state index in [1.165, 1.54) is 14.2 Å². The van der Waals surface area contributed by atoms with Gasteiger partial charge in [0.05, 0.1) is 13.4 Å². The highest BCUT2D eigenvalue weighted by Gasteiger charge is 2.18. The molecule has 1 N–H and O–H groups in total. The van der Waals surface area contributed by atoms with Gasteiger partial charge in [-0.3, -0.25) is 0 Å². The highest BCUT2D eigenvalue weighted by Crippen LogP contribution is 2.23. The zero-order valence-corrected chi connectivity index (χ0v) is 19.2. The summed E-state index contributed by atoms with van der Waals surface area (Å²) in [6.07, 6.45) is 3.77. The van der Waals surface area contributed by atoms with Crippen LogP contribution in [-0.2, 0) is 37.4 Å². The normalized spacial score (nSPS) is 12.5. The van der Waals surface area contributed by atoms with Crippen molar-refractivity contribution in [1.82, 2.24) is 4.57 Å². The summed E-state index contributed by atoms with van der Waals surface area (Å²) < 4.78 is 39.6. The molecule has 0 aliphatic rings. The van der Waals surface area contributed by atoms with Gasteiger partial charge in [0.15, 0.2) is 6.10 Å². The van der Waals surface area contributed by atoms with Gasteiger partial charge in [0.1, 0.15) is 5.75 Å². The summed E-state index contributed by atoms with van der Waals surface area (Å²) in [6.45, 7) is 1.60. The zero-order chi connectivity index (χ0) is 23.1. The number of hydrogen-bond acceptors (Lipinski definition) is 7. The van der Waals surface area contributed by atoms with Crippen LogP contribution < -0.4 is 9.50 Å². The van der Waals surface area contributed by atoms with E-state index in [0.29, 0.717) is 12.2 Å². The fraction of sp³-hybridized carbons (Fsp3) is 0.348. The SMILES string of the molecule is COC(=O)[C@H](Cc1ccc(NCCCn2ccc3cc(OS(C)(=O)=O)ccc32)cc1)OC. The second kappa shape index (κ2) is 10.5. The average Bonchev–Trinajstić information content (AvgIpc) is 3.16. The maximum Gasteiger partial charge on any atom is 0.335 e. The summed E-state index contributed by atoms with van der Waals surface area (Å²) in [4.78, 5) is 11.6. The Morgan fingerprint density at radius 1 is 1.09 bits per heavy atom. The van der Waals surface area contributed by atoms with Crippen LogP contribution in [-0.4, -0.2) is 52.1 Å². The molecule has 3 rings (SSSR count). The third-order valence-electron chi connectivity index (χ3n) is 5.02. The lowest BCUT2D eigenvalue weighted by Crippen LogP contribution is -2.26. The summed E-state index contributed by atoms with van der Waals surface area (Å²) in [5.74, 6) is -0.0716. The minimum Gasteiger partial charge on any atom is -0.467 e. The van der Waals surface area contributed by atoms with Crippen LogP contribution in [0.5, 0.6) is 5.75 Å². The highest BCUT2D eigenvalue weighted by molar-refractivity contribution is 7.86. The minimum atomic E-state index is -3.54. The molecule has 1 aromatic heterocycles. The number of methoxy groups -OCH3 is 2. The number of aromatic nitrogens is 1. The van der Waals surface area contributed by atoms with Crippen molar-refractivity contribution in [3.8, 4) is 5.75 Å². The van der Waals surface area contributed by atoms with Crippen LogP contribution in [0.3, 0.4) is 0 Å². The van der Waals surface area contributed by atoms with E-state index < -0.39 is 16.2 Å². The first-order chi connectivity index (χ1) is 15.3. The molecule has 0 radical (unpaired) electrons. The van der Waals surface area contributed by atoms with Crippen LogP contribution in [0.25, 0.3) is 10.9 Å². The molecule has 0 unspecified atom stereocenters. The predicted molar refractivity (Wildman–Crippen MR) is 123 cm³/mol.